The third kappa shape index (κ3) is 3.84. The Morgan fingerprint density at radius 3 is 2.70 bits per heavy atom. The van der Waals surface area contributed by atoms with Crippen LogP contribution in [-0.4, -0.2) is 39.0 Å². The van der Waals surface area contributed by atoms with E-state index in [0.717, 1.165) is 23.9 Å². The molecule has 2 aromatic rings. The van der Waals surface area contributed by atoms with Crippen molar-refractivity contribution in [2.75, 3.05) is 5.32 Å². The minimum absolute atomic E-state index is 0.00387. The molecular formula is C19H19F3N4O. The molecule has 0 aliphatic carbocycles. The molecule has 3 heterocycles. The van der Waals surface area contributed by atoms with Crippen LogP contribution in [0.15, 0.2) is 48.8 Å². The minimum atomic E-state index is -4.35. The predicted molar refractivity (Wildman–Crippen MR) is 95.0 cm³/mol. The average Bonchev–Trinajstić information content (AvgIpc) is 3.15. The Kier molecular flexibility index (Phi) is 4.41. The summed E-state index contributed by atoms with van der Waals surface area (Å²) in [5.41, 5.74) is 2.68. The molecule has 2 unspecified atom stereocenters. The van der Waals surface area contributed by atoms with Gasteiger partial charge >= 0.3 is 12.2 Å². The van der Waals surface area contributed by atoms with Crippen molar-refractivity contribution >= 4 is 17.3 Å². The summed E-state index contributed by atoms with van der Waals surface area (Å²) in [5, 5.41) is 6.34. The molecule has 0 spiro atoms. The summed E-state index contributed by atoms with van der Waals surface area (Å²) in [6.45, 7) is -1.18. The molecule has 0 radical (unpaired) electrons. The van der Waals surface area contributed by atoms with Crippen LogP contribution in [0, 0.1) is 0 Å². The maximum Gasteiger partial charge on any atom is 0.408 e. The van der Waals surface area contributed by atoms with Crippen LogP contribution in [0.4, 0.5) is 23.7 Å². The number of carbonyl (C=O) groups is 1. The van der Waals surface area contributed by atoms with Gasteiger partial charge in [-0.25, -0.2) is 4.79 Å². The molecule has 1 saturated heterocycles. The highest BCUT2D eigenvalue weighted by Gasteiger charge is 2.39. The zero-order valence-corrected chi connectivity index (χ0v) is 14.5. The number of amides is 2. The molecule has 142 valence electrons. The number of aromatic nitrogens is 2. The molecule has 2 aliphatic heterocycles. The number of anilines is 1. The van der Waals surface area contributed by atoms with Gasteiger partial charge in [0, 0.05) is 12.2 Å². The summed E-state index contributed by atoms with van der Waals surface area (Å²) < 4.78 is 38.1. The maximum atomic E-state index is 12.7. The molecule has 2 atom stereocenters. The summed E-state index contributed by atoms with van der Waals surface area (Å²) in [7, 11) is 0. The summed E-state index contributed by atoms with van der Waals surface area (Å²) in [6, 6.07) is 9.90. The smallest absolute Gasteiger partial charge is 0.315 e. The van der Waals surface area contributed by atoms with Crippen molar-refractivity contribution < 1.29 is 18.0 Å². The molecule has 0 saturated carbocycles. The van der Waals surface area contributed by atoms with Crippen molar-refractivity contribution in [1.29, 1.82) is 0 Å². The van der Waals surface area contributed by atoms with Gasteiger partial charge in [-0.15, -0.1) is 0 Å². The first kappa shape index (κ1) is 17.6. The van der Waals surface area contributed by atoms with E-state index in [9.17, 15) is 18.0 Å². The van der Waals surface area contributed by atoms with E-state index < -0.39 is 12.7 Å². The summed E-state index contributed by atoms with van der Waals surface area (Å²) in [5.74, 6) is 0. The largest absolute Gasteiger partial charge is 0.408 e. The molecule has 27 heavy (non-hydrogen) atoms. The lowest BCUT2D eigenvalue weighted by molar-refractivity contribution is -0.142. The van der Waals surface area contributed by atoms with Crippen LogP contribution < -0.4 is 5.32 Å². The van der Waals surface area contributed by atoms with Crippen LogP contribution in [-0.2, 0) is 6.54 Å². The normalized spacial score (nSPS) is 21.9. The first-order chi connectivity index (χ1) is 12.9. The number of hydrogen-bond donors (Lipinski definition) is 1. The summed E-state index contributed by atoms with van der Waals surface area (Å²) in [6.07, 6.45) is 2.80. The Morgan fingerprint density at radius 1 is 1.22 bits per heavy atom. The Morgan fingerprint density at radius 2 is 2.00 bits per heavy atom. The van der Waals surface area contributed by atoms with Crippen LogP contribution in [0.1, 0.15) is 24.8 Å². The predicted octanol–water partition coefficient (Wildman–Crippen LogP) is 4.30. The molecule has 1 N–H and O–H groups in total. The lowest BCUT2D eigenvalue weighted by Gasteiger charge is -2.34. The standard InChI is InChI=1S/C19H19F3N4O/c20-19(21,22)12-25-11-15(10-23-25)24-18(27)26-16-6-7-17(26)9-14(8-16)13-4-2-1-3-5-13/h1-5,8,10-11,16-17H,6-7,9,12H2,(H,24,27). The van der Waals surface area contributed by atoms with Gasteiger partial charge in [0.25, 0.3) is 0 Å². The molecule has 8 heteroatoms. The third-order valence-electron chi connectivity index (χ3n) is 5.00. The fourth-order valence-corrected chi connectivity index (χ4v) is 3.90. The van der Waals surface area contributed by atoms with E-state index in [1.165, 1.54) is 23.5 Å². The quantitative estimate of drug-likeness (QED) is 0.868. The van der Waals surface area contributed by atoms with E-state index in [2.05, 4.69) is 28.6 Å². The Balaban J connectivity index is 1.45. The van der Waals surface area contributed by atoms with Gasteiger partial charge in [-0.1, -0.05) is 36.4 Å². The van der Waals surface area contributed by atoms with Crippen molar-refractivity contribution in [2.24, 2.45) is 0 Å². The summed E-state index contributed by atoms with van der Waals surface area (Å²) >= 11 is 0. The average molecular weight is 376 g/mol. The minimum Gasteiger partial charge on any atom is -0.315 e. The van der Waals surface area contributed by atoms with Gasteiger partial charge in [-0.2, -0.15) is 18.3 Å². The molecule has 1 aromatic carbocycles. The Bertz CT molecular complexity index is 859. The van der Waals surface area contributed by atoms with Crippen LogP contribution in [0.25, 0.3) is 5.57 Å². The molecular weight excluding hydrogens is 357 g/mol. The topological polar surface area (TPSA) is 50.2 Å². The van der Waals surface area contributed by atoms with Gasteiger partial charge in [-0.05, 0) is 30.4 Å². The highest BCUT2D eigenvalue weighted by Crippen LogP contribution is 2.38. The van der Waals surface area contributed by atoms with E-state index in [1.807, 2.05) is 18.2 Å². The van der Waals surface area contributed by atoms with Gasteiger partial charge in [0.15, 0.2) is 0 Å². The van der Waals surface area contributed by atoms with Crippen LogP contribution in [0.3, 0.4) is 0 Å². The number of hydrogen-bond acceptors (Lipinski definition) is 2. The second-order valence-corrected chi connectivity index (χ2v) is 6.94. The fourth-order valence-electron chi connectivity index (χ4n) is 3.90. The third-order valence-corrected chi connectivity index (χ3v) is 5.00. The number of carbonyl (C=O) groups excluding carboxylic acids is 1. The van der Waals surface area contributed by atoms with Crippen LogP contribution in [0.2, 0.25) is 0 Å². The fraction of sp³-hybridized carbons (Fsp3) is 0.368. The number of alkyl halides is 3. The van der Waals surface area contributed by atoms with E-state index in [1.54, 1.807) is 4.90 Å². The highest BCUT2D eigenvalue weighted by atomic mass is 19.4. The number of nitrogens with zero attached hydrogens (tertiary/aromatic N) is 3. The number of halogens is 3. The molecule has 2 amide bonds. The van der Waals surface area contributed by atoms with Gasteiger partial charge in [0.05, 0.1) is 17.9 Å². The van der Waals surface area contributed by atoms with Crippen LogP contribution >= 0.6 is 0 Å². The number of rotatable bonds is 3. The zero-order chi connectivity index (χ0) is 19.0. The zero-order valence-electron chi connectivity index (χ0n) is 14.5. The first-order valence-electron chi connectivity index (χ1n) is 8.84. The molecule has 2 bridgehead atoms. The van der Waals surface area contributed by atoms with Gasteiger partial charge in [0.2, 0.25) is 0 Å². The summed E-state index contributed by atoms with van der Waals surface area (Å²) in [4.78, 5) is 14.5. The second kappa shape index (κ2) is 6.75. The van der Waals surface area contributed by atoms with Crippen molar-refractivity contribution in [3.8, 4) is 0 Å². The molecule has 1 aromatic heterocycles. The van der Waals surface area contributed by atoms with Crippen molar-refractivity contribution in [3.63, 3.8) is 0 Å². The van der Waals surface area contributed by atoms with Gasteiger partial charge in [-0.3, -0.25) is 4.68 Å². The monoisotopic (exact) mass is 376 g/mol. The van der Waals surface area contributed by atoms with Gasteiger partial charge < -0.3 is 10.2 Å². The number of benzene rings is 1. The van der Waals surface area contributed by atoms with E-state index in [-0.39, 0.29) is 23.8 Å². The molecule has 5 nitrogen and oxygen atoms in total. The van der Waals surface area contributed by atoms with Crippen molar-refractivity contribution in [3.05, 3.63) is 54.4 Å². The number of nitrogens with one attached hydrogen (secondary N) is 1. The van der Waals surface area contributed by atoms with E-state index in [0.29, 0.717) is 0 Å². The van der Waals surface area contributed by atoms with Gasteiger partial charge in [0.1, 0.15) is 6.54 Å². The first-order valence-corrected chi connectivity index (χ1v) is 8.84. The maximum absolute atomic E-state index is 12.7. The lowest BCUT2D eigenvalue weighted by Crippen LogP contribution is -2.45. The number of urea groups is 1. The van der Waals surface area contributed by atoms with E-state index >= 15 is 0 Å². The Labute approximate surface area is 154 Å². The molecule has 1 fully saturated rings. The SMILES string of the molecule is O=C(Nc1cnn(CC(F)(F)F)c1)N1C2C=C(c3ccccc3)CC1CC2. The second-order valence-electron chi connectivity index (χ2n) is 6.94. The lowest BCUT2D eigenvalue weighted by atomic mass is 9.95. The number of fused-ring (bicyclic) bond motifs is 2. The Hall–Kier alpha value is -2.77. The molecule has 4 rings (SSSR count). The van der Waals surface area contributed by atoms with E-state index in [4.69, 9.17) is 0 Å². The van der Waals surface area contributed by atoms with Crippen molar-refractivity contribution in [1.82, 2.24) is 14.7 Å². The highest BCUT2D eigenvalue weighted by molar-refractivity contribution is 5.90. The van der Waals surface area contributed by atoms with Crippen LogP contribution in [0.5, 0.6) is 0 Å². The molecule has 2 aliphatic rings. The van der Waals surface area contributed by atoms with Crippen molar-refractivity contribution in [2.45, 2.75) is 44.1 Å².